The fraction of sp³-hybridized carbons (Fsp3) is 0.333. The molecule has 0 saturated carbocycles. The Kier molecular flexibility index (Phi) is 4.40. The van der Waals surface area contributed by atoms with E-state index < -0.39 is 0 Å². The third kappa shape index (κ3) is 2.99. The molecule has 20 heavy (non-hydrogen) atoms. The third-order valence-corrected chi connectivity index (χ3v) is 3.19. The van der Waals surface area contributed by atoms with E-state index in [1.807, 2.05) is 26.0 Å². The molecule has 2 aromatic rings. The smallest absolute Gasteiger partial charge is 0.255 e. The molecule has 1 aromatic heterocycles. The number of rotatable bonds is 5. The van der Waals surface area contributed by atoms with Crippen LogP contribution in [0.3, 0.4) is 0 Å². The highest BCUT2D eigenvalue weighted by molar-refractivity contribution is 5.96. The summed E-state index contributed by atoms with van der Waals surface area (Å²) < 4.78 is 10.3. The van der Waals surface area contributed by atoms with Gasteiger partial charge in [0.15, 0.2) is 0 Å². The molecule has 0 aliphatic carbocycles. The molecule has 1 amide bonds. The summed E-state index contributed by atoms with van der Waals surface area (Å²) in [7, 11) is 1.55. The molecule has 106 valence electrons. The van der Waals surface area contributed by atoms with Gasteiger partial charge in [-0.1, -0.05) is 17.3 Å². The molecule has 0 atom stereocenters. The normalized spacial score (nSPS) is 10.3. The minimum Gasteiger partial charge on any atom is -0.496 e. The van der Waals surface area contributed by atoms with Crippen molar-refractivity contribution in [1.29, 1.82) is 0 Å². The minimum atomic E-state index is -0.144. The number of benzene rings is 1. The van der Waals surface area contributed by atoms with Crippen LogP contribution in [0.1, 0.15) is 27.4 Å². The summed E-state index contributed by atoms with van der Waals surface area (Å²) in [6, 6.07) is 7.15. The van der Waals surface area contributed by atoms with Crippen molar-refractivity contribution in [2.24, 2.45) is 0 Å². The molecule has 0 unspecified atom stereocenters. The van der Waals surface area contributed by atoms with Gasteiger partial charge in [-0.2, -0.15) is 0 Å². The van der Waals surface area contributed by atoms with Crippen molar-refractivity contribution < 1.29 is 14.1 Å². The fourth-order valence-corrected chi connectivity index (χ4v) is 2.09. The molecule has 0 spiro atoms. The summed E-state index contributed by atoms with van der Waals surface area (Å²) in [5, 5.41) is 6.77. The fourth-order valence-electron chi connectivity index (χ4n) is 2.09. The Morgan fingerprint density at radius 2 is 2.10 bits per heavy atom. The van der Waals surface area contributed by atoms with Crippen molar-refractivity contribution in [3.63, 3.8) is 0 Å². The van der Waals surface area contributed by atoms with Gasteiger partial charge in [0.25, 0.3) is 5.91 Å². The van der Waals surface area contributed by atoms with Gasteiger partial charge in [0.05, 0.1) is 18.4 Å². The first-order valence-electron chi connectivity index (χ1n) is 6.46. The number of nitrogens with zero attached hydrogens (tertiary/aromatic N) is 1. The quantitative estimate of drug-likeness (QED) is 0.908. The van der Waals surface area contributed by atoms with Gasteiger partial charge in [-0.15, -0.1) is 0 Å². The van der Waals surface area contributed by atoms with Crippen molar-refractivity contribution >= 4 is 5.91 Å². The third-order valence-electron chi connectivity index (χ3n) is 3.19. The predicted octanol–water partition coefficient (Wildman–Crippen LogP) is 2.27. The highest BCUT2D eigenvalue weighted by Gasteiger charge is 2.12. The van der Waals surface area contributed by atoms with Gasteiger partial charge in [0, 0.05) is 12.1 Å². The Balaban J connectivity index is 1.96. The van der Waals surface area contributed by atoms with Crippen molar-refractivity contribution in [3.05, 3.63) is 46.8 Å². The van der Waals surface area contributed by atoms with E-state index in [2.05, 4.69) is 10.5 Å². The number of amides is 1. The molecular formula is C15H18N2O3. The standard InChI is InChI=1S/C15H18N2O3/c1-10-12(11(2)20-17-10)8-9-16-15(18)13-6-4-5-7-14(13)19-3/h4-7H,8-9H2,1-3H3,(H,16,18). The lowest BCUT2D eigenvalue weighted by molar-refractivity contribution is 0.0951. The maximum absolute atomic E-state index is 12.1. The first-order valence-corrected chi connectivity index (χ1v) is 6.46. The van der Waals surface area contributed by atoms with E-state index in [0.29, 0.717) is 24.3 Å². The number of hydrogen-bond acceptors (Lipinski definition) is 4. The summed E-state index contributed by atoms with van der Waals surface area (Å²) in [5.41, 5.74) is 2.45. The Labute approximate surface area is 117 Å². The number of hydrogen-bond donors (Lipinski definition) is 1. The Bertz CT molecular complexity index is 585. The summed E-state index contributed by atoms with van der Waals surface area (Å²) in [6.07, 6.45) is 0.696. The molecule has 5 heteroatoms. The number of carbonyl (C=O) groups is 1. The van der Waals surface area contributed by atoms with E-state index >= 15 is 0 Å². The van der Waals surface area contributed by atoms with Crippen LogP contribution in [0.15, 0.2) is 28.8 Å². The van der Waals surface area contributed by atoms with Crippen LogP contribution in [0.4, 0.5) is 0 Å². The maximum Gasteiger partial charge on any atom is 0.255 e. The van der Waals surface area contributed by atoms with Gasteiger partial charge >= 0.3 is 0 Å². The second kappa shape index (κ2) is 6.23. The van der Waals surface area contributed by atoms with Crippen LogP contribution in [-0.4, -0.2) is 24.7 Å². The molecule has 0 radical (unpaired) electrons. The van der Waals surface area contributed by atoms with Gasteiger partial charge in [-0.3, -0.25) is 4.79 Å². The molecule has 0 bridgehead atoms. The number of ether oxygens (including phenoxy) is 1. The average Bonchev–Trinajstić information content (AvgIpc) is 2.78. The van der Waals surface area contributed by atoms with Crippen LogP contribution in [-0.2, 0) is 6.42 Å². The van der Waals surface area contributed by atoms with E-state index in [1.165, 1.54) is 0 Å². The SMILES string of the molecule is COc1ccccc1C(=O)NCCc1c(C)noc1C. The zero-order chi connectivity index (χ0) is 14.5. The van der Waals surface area contributed by atoms with E-state index in [0.717, 1.165) is 17.0 Å². The van der Waals surface area contributed by atoms with E-state index in [4.69, 9.17) is 9.26 Å². The number of aromatic nitrogens is 1. The summed E-state index contributed by atoms with van der Waals surface area (Å²) in [4.78, 5) is 12.1. The summed E-state index contributed by atoms with van der Waals surface area (Å²) in [5.74, 6) is 1.23. The highest BCUT2D eigenvalue weighted by Crippen LogP contribution is 2.17. The molecule has 0 fully saturated rings. The zero-order valence-electron chi connectivity index (χ0n) is 11.9. The Morgan fingerprint density at radius 3 is 2.75 bits per heavy atom. The molecule has 5 nitrogen and oxygen atoms in total. The number of aryl methyl sites for hydroxylation is 2. The lowest BCUT2D eigenvalue weighted by Gasteiger charge is -2.08. The van der Waals surface area contributed by atoms with Gasteiger partial charge in [-0.05, 0) is 32.4 Å². The van der Waals surface area contributed by atoms with Crippen LogP contribution in [0.2, 0.25) is 0 Å². The van der Waals surface area contributed by atoms with Gasteiger partial charge in [0.2, 0.25) is 0 Å². The molecule has 0 saturated heterocycles. The monoisotopic (exact) mass is 274 g/mol. The van der Waals surface area contributed by atoms with Crippen molar-refractivity contribution in [1.82, 2.24) is 10.5 Å². The van der Waals surface area contributed by atoms with Crippen molar-refractivity contribution in [2.45, 2.75) is 20.3 Å². The maximum atomic E-state index is 12.1. The summed E-state index contributed by atoms with van der Waals surface area (Å²) in [6.45, 7) is 4.30. The van der Waals surface area contributed by atoms with Crippen LogP contribution in [0.25, 0.3) is 0 Å². The van der Waals surface area contributed by atoms with Gasteiger partial charge < -0.3 is 14.6 Å². The van der Waals surface area contributed by atoms with Gasteiger partial charge in [0.1, 0.15) is 11.5 Å². The largest absolute Gasteiger partial charge is 0.496 e. The first-order chi connectivity index (χ1) is 9.63. The Morgan fingerprint density at radius 1 is 1.35 bits per heavy atom. The van der Waals surface area contributed by atoms with Crippen LogP contribution in [0, 0.1) is 13.8 Å². The number of carbonyl (C=O) groups excluding carboxylic acids is 1. The highest BCUT2D eigenvalue weighted by atomic mass is 16.5. The lowest BCUT2D eigenvalue weighted by atomic mass is 10.1. The molecule has 1 heterocycles. The molecule has 0 aliphatic rings. The van der Waals surface area contributed by atoms with E-state index in [9.17, 15) is 4.79 Å². The molecule has 0 aliphatic heterocycles. The minimum absolute atomic E-state index is 0.144. The number of para-hydroxylation sites is 1. The summed E-state index contributed by atoms with van der Waals surface area (Å²) >= 11 is 0. The first kappa shape index (κ1) is 14.1. The Hall–Kier alpha value is -2.30. The second-order valence-electron chi connectivity index (χ2n) is 4.51. The number of methoxy groups -OCH3 is 1. The van der Waals surface area contributed by atoms with E-state index in [1.54, 1.807) is 19.2 Å². The molecular weight excluding hydrogens is 256 g/mol. The van der Waals surface area contributed by atoms with Crippen molar-refractivity contribution in [2.75, 3.05) is 13.7 Å². The van der Waals surface area contributed by atoms with Crippen LogP contribution < -0.4 is 10.1 Å². The average molecular weight is 274 g/mol. The van der Waals surface area contributed by atoms with Gasteiger partial charge in [-0.25, -0.2) is 0 Å². The van der Waals surface area contributed by atoms with E-state index in [-0.39, 0.29) is 5.91 Å². The van der Waals surface area contributed by atoms with Crippen LogP contribution in [0.5, 0.6) is 5.75 Å². The van der Waals surface area contributed by atoms with Crippen LogP contribution >= 0.6 is 0 Å². The number of nitrogens with one attached hydrogen (secondary N) is 1. The van der Waals surface area contributed by atoms with Crippen molar-refractivity contribution in [3.8, 4) is 5.75 Å². The molecule has 1 aromatic carbocycles. The topological polar surface area (TPSA) is 64.4 Å². The molecule has 1 N–H and O–H groups in total. The lowest BCUT2D eigenvalue weighted by Crippen LogP contribution is -2.26. The predicted molar refractivity (Wildman–Crippen MR) is 75.0 cm³/mol. The second-order valence-corrected chi connectivity index (χ2v) is 4.51. The zero-order valence-corrected chi connectivity index (χ0v) is 11.9. The molecule has 2 rings (SSSR count).